The van der Waals surface area contributed by atoms with E-state index in [-0.39, 0.29) is 24.0 Å². The molecule has 0 atom stereocenters. The fourth-order valence-electron chi connectivity index (χ4n) is 3.45. The molecule has 0 spiro atoms. The van der Waals surface area contributed by atoms with Gasteiger partial charge in [-0.1, -0.05) is 24.3 Å². The summed E-state index contributed by atoms with van der Waals surface area (Å²) in [7, 11) is 1.89. The zero-order valence-electron chi connectivity index (χ0n) is 16.3. The van der Waals surface area contributed by atoms with Crippen molar-refractivity contribution < 1.29 is 0 Å². The number of guanidine groups is 1. The number of anilines is 1. The van der Waals surface area contributed by atoms with E-state index >= 15 is 0 Å². The van der Waals surface area contributed by atoms with Crippen LogP contribution in [0.3, 0.4) is 0 Å². The molecule has 1 saturated carbocycles. The maximum Gasteiger partial charge on any atom is 0.193 e. The van der Waals surface area contributed by atoms with Crippen LogP contribution >= 0.6 is 35.7 Å². The number of nitrogens with one attached hydrogen (secondary N) is 1. The molecule has 0 bridgehead atoms. The highest BCUT2D eigenvalue weighted by Gasteiger charge is 2.44. The minimum absolute atomic E-state index is 0. The van der Waals surface area contributed by atoms with Crippen molar-refractivity contribution in [3.8, 4) is 0 Å². The van der Waals surface area contributed by atoms with Gasteiger partial charge in [0.05, 0.1) is 0 Å². The molecule has 28 heavy (non-hydrogen) atoms. The van der Waals surface area contributed by atoms with Gasteiger partial charge in [-0.2, -0.15) is 0 Å². The van der Waals surface area contributed by atoms with Gasteiger partial charge < -0.3 is 15.1 Å². The number of piperazine rings is 1. The highest BCUT2D eigenvalue weighted by Crippen LogP contribution is 2.51. The number of benzene rings is 1. The predicted octanol–water partition coefficient (Wildman–Crippen LogP) is 3.72. The summed E-state index contributed by atoms with van der Waals surface area (Å²) in [5.74, 6) is 2.09. The van der Waals surface area contributed by atoms with Crippen LogP contribution in [0.2, 0.25) is 0 Å². The van der Waals surface area contributed by atoms with Crippen LogP contribution in [0.4, 0.5) is 5.82 Å². The maximum absolute atomic E-state index is 4.54. The summed E-state index contributed by atoms with van der Waals surface area (Å²) in [6, 6.07) is 16.8. The van der Waals surface area contributed by atoms with Crippen molar-refractivity contribution >= 4 is 47.5 Å². The molecule has 2 heterocycles. The van der Waals surface area contributed by atoms with Gasteiger partial charge in [0.25, 0.3) is 0 Å². The van der Waals surface area contributed by atoms with Crippen molar-refractivity contribution in [2.75, 3.05) is 44.7 Å². The van der Waals surface area contributed by atoms with Gasteiger partial charge in [0.2, 0.25) is 0 Å². The standard InChI is InChI=1S/C21H27N5S.HI/c1-22-20(24-17-21(10-11-21)27-18-7-3-2-4-8-18)26-15-13-25(14-16-26)19-9-5-6-12-23-19;/h2-9,12H,10-11,13-17H2,1H3,(H,22,24);1H. The summed E-state index contributed by atoms with van der Waals surface area (Å²) in [5, 5.41) is 3.64. The first kappa shape index (κ1) is 21.2. The smallest absolute Gasteiger partial charge is 0.193 e. The van der Waals surface area contributed by atoms with Crippen LogP contribution in [0.1, 0.15) is 12.8 Å². The number of halogens is 1. The monoisotopic (exact) mass is 509 g/mol. The summed E-state index contributed by atoms with van der Waals surface area (Å²) >= 11 is 2.00. The number of rotatable bonds is 5. The van der Waals surface area contributed by atoms with Crippen molar-refractivity contribution in [3.05, 3.63) is 54.7 Å². The lowest BCUT2D eigenvalue weighted by molar-refractivity contribution is 0.371. The Hall–Kier alpha value is -1.48. The van der Waals surface area contributed by atoms with Crippen LogP contribution < -0.4 is 10.2 Å². The van der Waals surface area contributed by atoms with Crippen molar-refractivity contribution in [2.45, 2.75) is 22.5 Å². The summed E-state index contributed by atoms with van der Waals surface area (Å²) in [6.07, 6.45) is 4.40. The summed E-state index contributed by atoms with van der Waals surface area (Å²) in [5.41, 5.74) is 0. The summed E-state index contributed by atoms with van der Waals surface area (Å²) in [6.45, 7) is 4.85. The average Bonchev–Trinajstić information content (AvgIpc) is 3.50. The Balaban J connectivity index is 0.00000225. The van der Waals surface area contributed by atoms with Crippen LogP contribution in [0.15, 0.2) is 64.6 Å². The van der Waals surface area contributed by atoms with E-state index in [1.165, 1.54) is 17.7 Å². The molecule has 2 fully saturated rings. The van der Waals surface area contributed by atoms with Gasteiger partial charge >= 0.3 is 0 Å². The molecule has 1 aromatic heterocycles. The Morgan fingerprint density at radius 1 is 1.07 bits per heavy atom. The lowest BCUT2D eigenvalue weighted by Gasteiger charge is -2.37. The summed E-state index contributed by atoms with van der Waals surface area (Å²) in [4.78, 5) is 15.1. The van der Waals surface area contributed by atoms with E-state index in [9.17, 15) is 0 Å². The molecule has 1 N–H and O–H groups in total. The maximum atomic E-state index is 4.54. The Morgan fingerprint density at radius 3 is 2.39 bits per heavy atom. The van der Waals surface area contributed by atoms with Gasteiger partial charge in [-0.05, 0) is 37.1 Å². The largest absolute Gasteiger partial charge is 0.355 e. The number of hydrogen-bond donors (Lipinski definition) is 1. The molecule has 2 aliphatic rings. The fourth-order valence-corrected chi connectivity index (χ4v) is 4.70. The normalized spacial score (nSPS) is 18.4. The number of aliphatic imine (C=N–C) groups is 1. The minimum atomic E-state index is 0. The van der Waals surface area contributed by atoms with Crippen molar-refractivity contribution in [2.24, 2.45) is 4.99 Å². The molecule has 1 saturated heterocycles. The number of nitrogens with zero attached hydrogens (tertiary/aromatic N) is 4. The molecule has 5 nitrogen and oxygen atoms in total. The van der Waals surface area contributed by atoms with Crippen LogP contribution in [0, 0.1) is 0 Å². The molecule has 4 rings (SSSR count). The lowest BCUT2D eigenvalue weighted by atomic mass is 10.3. The molecular weight excluding hydrogens is 481 g/mol. The zero-order chi connectivity index (χ0) is 18.5. The second-order valence-electron chi connectivity index (χ2n) is 7.16. The van der Waals surface area contributed by atoms with E-state index < -0.39 is 0 Å². The molecule has 1 aliphatic carbocycles. The van der Waals surface area contributed by atoms with Gasteiger partial charge in [-0.3, -0.25) is 4.99 Å². The van der Waals surface area contributed by atoms with Gasteiger partial charge in [-0.25, -0.2) is 4.98 Å². The van der Waals surface area contributed by atoms with Crippen molar-refractivity contribution in [1.29, 1.82) is 0 Å². The number of hydrogen-bond acceptors (Lipinski definition) is 4. The molecule has 0 radical (unpaired) electrons. The Labute approximate surface area is 189 Å². The van der Waals surface area contributed by atoms with E-state index in [1.807, 2.05) is 31.1 Å². The van der Waals surface area contributed by atoms with Gasteiger partial charge in [0.15, 0.2) is 5.96 Å². The SMILES string of the molecule is CN=C(NCC1(Sc2ccccc2)CC1)N1CCN(c2ccccn2)CC1.I. The Morgan fingerprint density at radius 2 is 1.79 bits per heavy atom. The quantitative estimate of drug-likeness (QED) is 0.378. The third-order valence-corrected chi connectivity index (χ3v) is 6.71. The molecular formula is C21H28IN5S. The van der Waals surface area contributed by atoms with E-state index in [0.29, 0.717) is 4.75 Å². The predicted molar refractivity (Wildman–Crippen MR) is 129 cm³/mol. The second-order valence-corrected chi connectivity index (χ2v) is 8.70. The third-order valence-electron chi connectivity index (χ3n) is 5.22. The zero-order valence-corrected chi connectivity index (χ0v) is 19.4. The van der Waals surface area contributed by atoms with E-state index in [2.05, 4.69) is 67.6 Å². The molecule has 1 aliphatic heterocycles. The van der Waals surface area contributed by atoms with Crippen LogP contribution in [-0.2, 0) is 0 Å². The van der Waals surface area contributed by atoms with Crippen LogP contribution in [-0.4, -0.2) is 60.4 Å². The first-order valence-corrected chi connectivity index (χ1v) is 10.5. The highest BCUT2D eigenvalue weighted by molar-refractivity contribution is 14.0. The van der Waals surface area contributed by atoms with Crippen molar-refractivity contribution in [3.63, 3.8) is 0 Å². The van der Waals surface area contributed by atoms with E-state index in [0.717, 1.165) is 44.5 Å². The van der Waals surface area contributed by atoms with Gasteiger partial charge in [0, 0.05) is 55.6 Å². The molecule has 0 amide bonds. The first-order chi connectivity index (χ1) is 13.3. The molecule has 2 aromatic rings. The fraction of sp³-hybridized carbons (Fsp3) is 0.429. The molecule has 1 aromatic carbocycles. The average molecular weight is 509 g/mol. The minimum Gasteiger partial charge on any atom is -0.355 e. The summed E-state index contributed by atoms with van der Waals surface area (Å²) < 4.78 is 0.326. The first-order valence-electron chi connectivity index (χ1n) is 9.64. The van der Waals surface area contributed by atoms with E-state index in [1.54, 1.807) is 0 Å². The topological polar surface area (TPSA) is 43.8 Å². The Kier molecular flexibility index (Phi) is 7.45. The van der Waals surface area contributed by atoms with Crippen LogP contribution in [0.25, 0.3) is 0 Å². The van der Waals surface area contributed by atoms with Crippen molar-refractivity contribution in [1.82, 2.24) is 15.2 Å². The van der Waals surface area contributed by atoms with Crippen LogP contribution in [0.5, 0.6) is 0 Å². The molecule has 150 valence electrons. The number of thioether (sulfide) groups is 1. The van der Waals surface area contributed by atoms with Gasteiger partial charge in [0.1, 0.15) is 5.82 Å². The second kappa shape index (κ2) is 9.82. The lowest BCUT2D eigenvalue weighted by Crippen LogP contribution is -2.53. The molecule has 7 heteroatoms. The highest BCUT2D eigenvalue weighted by atomic mass is 127. The third kappa shape index (κ3) is 5.31. The van der Waals surface area contributed by atoms with Gasteiger partial charge in [-0.15, -0.1) is 35.7 Å². The Bertz CT molecular complexity index is 759. The number of pyridine rings is 1. The molecule has 0 unspecified atom stereocenters. The van der Waals surface area contributed by atoms with E-state index in [4.69, 9.17) is 0 Å². The number of aromatic nitrogens is 1.